The summed E-state index contributed by atoms with van der Waals surface area (Å²) in [5.41, 5.74) is 2.39. The lowest BCUT2D eigenvalue weighted by atomic mass is 9.89. The van der Waals surface area contributed by atoms with Crippen LogP contribution in [-0.2, 0) is 6.42 Å². The fourth-order valence-electron chi connectivity index (χ4n) is 2.57. The highest BCUT2D eigenvalue weighted by Gasteiger charge is 2.17. The first kappa shape index (κ1) is 13.9. The Labute approximate surface area is 118 Å². The average molecular weight is 312 g/mol. The molecule has 0 radical (unpaired) electrons. The summed E-state index contributed by atoms with van der Waals surface area (Å²) in [6.45, 7) is 6.59. The van der Waals surface area contributed by atoms with Gasteiger partial charge in [-0.3, -0.25) is 0 Å². The Balaban J connectivity index is 2.19. The quantitative estimate of drug-likeness (QED) is 0.889. The van der Waals surface area contributed by atoms with Gasteiger partial charge in [-0.1, -0.05) is 19.9 Å². The minimum absolute atomic E-state index is 0.429. The van der Waals surface area contributed by atoms with Gasteiger partial charge < -0.3 is 10.4 Å². The fourth-order valence-corrected chi connectivity index (χ4v) is 3.08. The second-order valence-electron chi connectivity index (χ2n) is 5.56. The molecule has 18 heavy (non-hydrogen) atoms. The highest BCUT2D eigenvalue weighted by atomic mass is 79.9. The van der Waals surface area contributed by atoms with Crippen molar-refractivity contribution < 1.29 is 5.11 Å². The van der Waals surface area contributed by atoms with Crippen LogP contribution in [0.25, 0.3) is 0 Å². The Bertz CT molecular complexity index is 411. The lowest BCUT2D eigenvalue weighted by Gasteiger charge is -2.23. The van der Waals surface area contributed by atoms with Gasteiger partial charge in [-0.25, -0.2) is 0 Å². The summed E-state index contributed by atoms with van der Waals surface area (Å²) < 4.78 is 0.831. The normalized spacial score (nSPS) is 17.3. The van der Waals surface area contributed by atoms with Crippen molar-refractivity contribution in [2.24, 2.45) is 5.92 Å². The van der Waals surface area contributed by atoms with Crippen LogP contribution in [-0.4, -0.2) is 18.2 Å². The van der Waals surface area contributed by atoms with Gasteiger partial charge in [0.2, 0.25) is 0 Å². The number of halogens is 1. The summed E-state index contributed by atoms with van der Waals surface area (Å²) in [7, 11) is 0. The Kier molecular flexibility index (Phi) is 4.68. The Morgan fingerprint density at radius 2 is 2.00 bits per heavy atom. The number of aromatic hydroxyl groups is 1. The van der Waals surface area contributed by atoms with Crippen LogP contribution in [0.1, 0.15) is 43.7 Å². The van der Waals surface area contributed by atoms with Crippen LogP contribution >= 0.6 is 15.9 Å². The molecule has 0 saturated carbocycles. The lowest BCUT2D eigenvalue weighted by molar-refractivity contribution is 0.366. The summed E-state index contributed by atoms with van der Waals surface area (Å²) in [5, 5.41) is 13.6. The van der Waals surface area contributed by atoms with E-state index in [2.05, 4.69) is 41.2 Å². The lowest BCUT2D eigenvalue weighted by Crippen LogP contribution is -2.28. The summed E-state index contributed by atoms with van der Waals surface area (Å²) >= 11 is 3.47. The van der Waals surface area contributed by atoms with E-state index in [9.17, 15) is 5.11 Å². The molecule has 0 bridgehead atoms. The van der Waals surface area contributed by atoms with E-state index in [-0.39, 0.29) is 0 Å². The molecule has 1 saturated heterocycles. The Morgan fingerprint density at radius 3 is 2.61 bits per heavy atom. The molecule has 1 aromatic rings. The minimum atomic E-state index is 0.429. The van der Waals surface area contributed by atoms with E-state index >= 15 is 0 Å². The molecular formula is C15H22BrNO. The number of hydrogen-bond donors (Lipinski definition) is 2. The van der Waals surface area contributed by atoms with E-state index in [0.29, 0.717) is 17.6 Å². The molecular weight excluding hydrogens is 290 g/mol. The number of phenolic OH excluding ortho intramolecular Hbond substituents is 1. The maximum atomic E-state index is 10.2. The monoisotopic (exact) mass is 311 g/mol. The first-order valence-electron chi connectivity index (χ1n) is 6.80. The fraction of sp³-hybridized carbons (Fsp3) is 0.600. The highest BCUT2D eigenvalue weighted by Crippen LogP contribution is 2.34. The van der Waals surface area contributed by atoms with E-state index in [1.54, 1.807) is 0 Å². The van der Waals surface area contributed by atoms with Crippen molar-refractivity contribution in [3.05, 3.63) is 27.7 Å². The molecule has 1 aliphatic rings. The van der Waals surface area contributed by atoms with Gasteiger partial charge in [0, 0.05) is 0 Å². The van der Waals surface area contributed by atoms with E-state index in [1.807, 2.05) is 6.07 Å². The van der Waals surface area contributed by atoms with Crippen LogP contribution in [0.3, 0.4) is 0 Å². The number of rotatable bonds is 3. The summed E-state index contributed by atoms with van der Waals surface area (Å²) in [6, 6.07) is 4.21. The van der Waals surface area contributed by atoms with Crippen molar-refractivity contribution in [1.29, 1.82) is 0 Å². The number of hydrogen-bond acceptors (Lipinski definition) is 2. The third kappa shape index (κ3) is 3.27. The standard InChI is InChI=1S/C15H22BrNO/c1-10(2)12-8-13(15(18)14(16)9-12)7-11-3-5-17-6-4-11/h8-11,17-18H,3-7H2,1-2H3. The molecule has 2 nitrogen and oxygen atoms in total. The second kappa shape index (κ2) is 6.07. The van der Waals surface area contributed by atoms with Crippen molar-refractivity contribution in [1.82, 2.24) is 5.32 Å². The summed E-state index contributed by atoms with van der Waals surface area (Å²) in [4.78, 5) is 0. The highest BCUT2D eigenvalue weighted by molar-refractivity contribution is 9.10. The van der Waals surface area contributed by atoms with E-state index in [1.165, 1.54) is 18.4 Å². The first-order valence-corrected chi connectivity index (χ1v) is 7.59. The molecule has 0 aliphatic carbocycles. The van der Waals surface area contributed by atoms with Gasteiger partial charge in [0.15, 0.2) is 0 Å². The van der Waals surface area contributed by atoms with Gasteiger partial charge >= 0.3 is 0 Å². The van der Waals surface area contributed by atoms with Gasteiger partial charge in [0.05, 0.1) is 4.47 Å². The van der Waals surface area contributed by atoms with Gasteiger partial charge in [0.25, 0.3) is 0 Å². The van der Waals surface area contributed by atoms with Crippen LogP contribution < -0.4 is 5.32 Å². The van der Waals surface area contributed by atoms with Crippen molar-refractivity contribution in [3.8, 4) is 5.75 Å². The molecule has 2 N–H and O–H groups in total. The third-order valence-electron chi connectivity index (χ3n) is 3.80. The molecule has 100 valence electrons. The summed E-state index contributed by atoms with van der Waals surface area (Å²) in [6.07, 6.45) is 3.42. The number of benzene rings is 1. The molecule has 1 aliphatic heterocycles. The smallest absolute Gasteiger partial charge is 0.132 e. The molecule has 0 atom stereocenters. The molecule has 0 aromatic heterocycles. The van der Waals surface area contributed by atoms with Crippen LogP contribution in [0.2, 0.25) is 0 Å². The molecule has 1 heterocycles. The van der Waals surface area contributed by atoms with Gasteiger partial charge in [-0.05, 0) is 77.3 Å². The van der Waals surface area contributed by atoms with Crippen molar-refractivity contribution in [2.45, 2.75) is 39.0 Å². The third-order valence-corrected chi connectivity index (χ3v) is 4.40. The Hall–Kier alpha value is -0.540. The van der Waals surface area contributed by atoms with Crippen LogP contribution in [0, 0.1) is 5.92 Å². The second-order valence-corrected chi connectivity index (χ2v) is 6.42. The summed E-state index contributed by atoms with van der Waals surface area (Å²) in [5.74, 6) is 1.62. The zero-order valence-corrected chi connectivity index (χ0v) is 12.8. The van der Waals surface area contributed by atoms with Crippen molar-refractivity contribution in [2.75, 3.05) is 13.1 Å². The van der Waals surface area contributed by atoms with E-state index in [0.717, 1.165) is 29.5 Å². The molecule has 2 rings (SSSR count). The number of piperidine rings is 1. The van der Waals surface area contributed by atoms with Crippen molar-refractivity contribution >= 4 is 15.9 Å². The molecule has 1 fully saturated rings. The first-order chi connectivity index (χ1) is 8.58. The number of nitrogens with one attached hydrogen (secondary N) is 1. The minimum Gasteiger partial charge on any atom is -0.506 e. The van der Waals surface area contributed by atoms with Gasteiger partial charge in [-0.15, -0.1) is 0 Å². The SMILES string of the molecule is CC(C)c1cc(Br)c(O)c(CC2CCNCC2)c1. The van der Waals surface area contributed by atoms with Crippen LogP contribution in [0.5, 0.6) is 5.75 Å². The van der Waals surface area contributed by atoms with Crippen LogP contribution in [0.4, 0.5) is 0 Å². The van der Waals surface area contributed by atoms with E-state index < -0.39 is 0 Å². The zero-order chi connectivity index (χ0) is 13.1. The molecule has 3 heteroatoms. The maximum absolute atomic E-state index is 10.2. The average Bonchev–Trinajstić information content (AvgIpc) is 2.35. The molecule has 0 amide bonds. The Morgan fingerprint density at radius 1 is 1.33 bits per heavy atom. The van der Waals surface area contributed by atoms with Crippen molar-refractivity contribution in [3.63, 3.8) is 0 Å². The molecule has 0 unspecified atom stereocenters. The zero-order valence-electron chi connectivity index (χ0n) is 11.2. The largest absolute Gasteiger partial charge is 0.506 e. The predicted molar refractivity (Wildman–Crippen MR) is 79.2 cm³/mol. The maximum Gasteiger partial charge on any atom is 0.132 e. The van der Waals surface area contributed by atoms with Gasteiger partial charge in [0.1, 0.15) is 5.75 Å². The van der Waals surface area contributed by atoms with Gasteiger partial charge in [-0.2, -0.15) is 0 Å². The molecule has 0 spiro atoms. The number of phenols is 1. The topological polar surface area (TPSA) is 32.3 Å². The van der Waals surface area contributed by atoms with E-state index in [4.69, 9.17) is 0 Å². The molecule has 1 aromatic carbocycles. The predicted octanol–water partition coefficient (Wildman–Crippen LogP) is 3.82. The van der Waals surface area contributed by atoms with Crippen LogP contribution in [0.15, 0.2) is 16.6 Å².